The van der Waals surface area contributed by atoms with Gasteiger partial charge in [-0.3, -0.25) is 14.6 Å². The Balaban J connectivity index is 1.34. The second-order valence-corrected chi connectivity index (χ2v) is 7.62. The van der Waals surface area contributed by atoms with E-state index in [1.807, 2.05) is 17.0 Å². The van der Waals surface area contributed by atoms with Crippen LogP contribution in [0.15, 0.2) is 48.8 Å². The Morgan fingerprint density at radius 3 is 2.96 bits per heavy atom. The van der Waals surface area contributed by atoms with E-state index in [0.717, 1.165) is 18.4 Å². The second-order valence-electron chi connectivity index (χ2n) is 7.19. The van der Waals surface area contributed by atoms with E-state index in [1.54, 1.807) is 36.7 Å². The molecule has 2 heterocycles. The van der Waals surface area contributed by atoms with Crippen molar-refractivity contribution in [3.63, 3.8) is 0 Å². The monoisotopic (exact) mass is 369 g/mol. The Labute approximate surface area is 157 Å². The van der Waals surface area contributed by atoms with Crippen LogP contribution in [0.25, 0.3) is 0 Å². The zero-order valence-electron chi connectivity index (χ0n) is 14.3. The van der Waals surface area contributed by atoms with Crippen LogP contribution >= 0.6 is 11.6 Å². The second kappa shape index (κ2) is 6.72. The van der Waals surface area contributed by atoms with Crippen LogP contribution in [0.2, 0.25) is 5.02 Å². The van der Waals surface area contributed by atoms with Crippen molar-refractivity contribution in [3.8, 4) is 0 Å². The molecule has 0 radical (unpaired) electrons. The first-order valence-corrected chi connectivity index (χ1v) is 9.17. The molecule has 0 unspecified atom stereocenters. The van der Waals surface area contributed by atoms with Crippen molar-refractivity contribution >= 4 is 23.4 Å². The van der Waals surface area contributed by atoms with E-state index in [4.69, 9.17) is 11.6 Å². The summed E-state index contributed by atoms with van der Waals surface area (Å²) in [7, 11) is 0. The highest BCUT2D eigenvalue weighted by molar-refractivity contribution is 6.30. The molecular formula is C20H20ClN3O2. The molecule has 2 fully saturated rings. The minimum atomic E-state index is -0.0484. The molecule has 5 nitrogen and oxygen atoms in total. The molecule has 1 aromatic heterocycles. The number of nitrogens with zero attached hydrogens (tertiary/aromatic N) is 2. The molecule has 2 atom stereocenters. The van der Waals surface area contributed by atoms with E-state index in [9.17, 15) is 9.59 Å². The number of rotatable bonds is 4. The van der Waals surface area contributed by atoms with Gasteiger partial charge in [0.05, 0.1) is 0 Å². The van der Waals surface area contributed by atoms with E-state index >= 15 is 0 Å². The van der Waals surface area contributed by atoms with Gasteiger partial charge in [-0.2, -0.15) is 0 Å². The van der Waals surface area contributed by atoms with Crippen molar-refractivity contribution < 1.29 is 9.59 Å². The maximum Gasteiger partial charge on any atom is 0.253 e. The van der Waals surface area contributed by atoms with Gasteiger partial charge in [0.15, 0.2) is 0 Å². The van der Waals surface area contributed by atoms with Crippen molar-refractivity contribution in [1.82, 2.24) is 15.2 Å². The molecule has 1 aromatic carbocycles. The van der Waals surface area contributed by atoms with Gasteiger partial charge in [0.2, 0.25) is 5.91 Å². The summed E-state index contributed by atoms with van der Waals surface area (Å²) in [4.78, 5) is 31.0. The van der Waals surface area contributed by atoms with Crippen LogP contribution < -0.4 is 5.32 Å². The standard InChI is InChI=1S/C20H20ClN3O2/c21-16-5-1-4-15(9-16)19(26)24-8-6-20(13-24)10-17(20)18(25)23-12-14-3-2-7-22-11-14/h1-5,7,9,11,17H,6,8,10,12-13H2,(H,23,25)/t17-,20-/m1/s1. The van der Waals surface area contributed by atoms with Gasteiger partial charge in [-0.25, -0.2) is 0 Å². The topological polar surface area (TPSA) is 62.3 Å². The van der Waals surface area contributed by atoms with Crippen molar-refractivity contribution in [1.29, 1.82) is 0 Å². The van der Waals surface area contributed by atoms with Gasteiger partial charge in [-0.05, 0) is 42.7 Å². The first kappa shape index (κ1) is 17.0. The van der Waals surface area contributed by atoms with Gasteiger partial charge in [-0.15, -0.1) is 0 Å². The number of hydrogen-bond donors (Lipinski definition) is 1. The smallest absolute Gasteiger partial charge is 0.253 e. The van der Waals surface area contributed by atoms with E-state index in [2.05, 4.69) is 10.3 Å². The SMILES string of the molecule is O=C(NCc1cccnc1)[C@H]1C[C@@]12CCN(C(=O)c1cccc(Cl)c1)C2. The summed E-state index contributed by atoms with van der Waals surface area (Å²) in [6, 6.07) is 10.8. The van der Waals surface area contributed by atoms with Crippen molar-refractivity contribution in [3.05, 3.63) is 64.9 Å². The van der Waals surface area contributed by atoms with Gasteiger partial charge in [-0.1, -0.05) is 23.7 Å². The van der Waals surface area contributed by atoms with Crippen molar-refractivity contribution in [2.45, 2.75) is 19.4 Å². The third-order valence-corrected chi connectivity index (χ3v) is 5.67. The molecule has 2 aromatic rings. The lowest BCUT2D eigenvalue weighted by molar-refractivity contribution is -0.123. The fourth-order valence-corrected chi connectivity index (χ4v) is 4.05. The summed E-state index contributed by atoms with van der Waals surface area (Å²) in [6.07, 6.45) is 5.20. The Kier molecular flexibility index (Phi) is 4.41. The van der Waals surface area contributed by atoms with Crippen molar-refractivity contribution in [2.24, 2.45) is 11.3 Å². The minimum Gasteiger partial charge on any atom is -0.352 e. The number of carbonyl (C=O) groups is 2. The minimum absolute atomic E-state index is 0.00340. The lowest BCUT2D eigenvalue weighted by Gasteiger charge is -2.17. The molecule has 0 bridgehead atoms. The zero-order chi connectivity index (χ0) is 18.1. The highest BCUT2D eigenvalue weighted by Crippen LogP contribution is 2.58. The quantitative estimate of drug-likeness (QED) is 0.901. The maximum atomic E-state index is 12.7. The highest BCUT2D eigenvalue weighted by Gasteiger charge is 2.61. The van der Waals surface area contributed by atoms with Crippen LogP contribution in [-0.4, -0.2) is 34.8 Å². The molecule has 26 heavy (non-hydrogen) atoms. The number of pyridine rings is 1. The predicted octanol–water partition coefficient (Wildman–Crippen LogP) is 2.90. The molecule has 1 aliphatic carbocycles. The van der Waals surface area contributed by atoms with Crippen LogP contribution in [-0.2, 0) is 11.3 Å². The summed E-state index contributed by atoms with van der Waals surface area (Å²) in [6.45, 7) is 1.82. The largest absolute Gasteiger partial charge is 0.352 e. The Morgan fingerprint density at radius 2 is 2.19 bits per heavy atom. The summed E-state index contributed by atoms with van der Waals surface area (Å²) in [5.41, 5.74) is 1.54. The maximum absolute atomic E-state index is 12.7. The molecule has 134 valence electrons. The molecule has 1 spiro atoms. The number of hydrogen-bond acceptors (Lipinski definition) is 3. The third-order valence-electron chi connectivity index (χ3n) is 5.44. The predicted molar refractivity (Wildman–Crippen MR) is 98.6 cm³/mol. The van der Waals surface area contributed by atoms with Crippen LogP contribution in [0, 0.1) is 11.3 Å². The molecule has 1 aliphatic heterocycles. The fourth-order valence-electron chi connectivity index (χ4n) is 3.86. The third kappa shape index (κ3) is 3.31. The van der Waals surface area contributed by atoms with E-state index in [-0.39, 0.29) is 23.1 Å². The summed E-state index contributed by atoms with van der Waals surface area (Å²) >= 11 is 5.99. The lowest BCUT2D eigenvalue weighted by Crippen LogP contribution is -2.31. The molecule has 4 rings (SSSR count). The average Bonchev–Trinajstić information content (AvgIpc) is 3.20. The Bertz CT molecular complexity index is 842. The Morgan fingerprint density at radius 1 is 1.31 bits per heavy atom. The molecule has 1 saturated carbocycles. The molecule has 1 N–H and O–H groups in total. The zero-order valence-corrected chi connectivity index (χ0v) is 15.1. The normalized spacial score (nSPS) is 23.9. The molecule has 2 aliphatic rings. The molecule has 2 amide bonds. The highest BCUT2D eigenvalue weighted by atomic mass is 35.5. The average molecular weight is 370 g/mol. The van der Waals surface area contributed by atoms with E-state index in [0.29, 0.717) is 30.2 Å². The van der Waals surface area contributed by atoms with E-state index < -0.39 is 0 Å². The number of aromatic nitrogens is 1. The lowest BCUT2D eigenvalue weighted by atomic mass is 10.0. The van der Waals surface area contributed by atoms with Gasteiger partial charge >= 0.3 is 0 Å². The summed E-state index contributed by atoms with van der Waals surface area (Å²) < 4.78 is 0. The van der Waals surface area contributed by atoms with Crippen LogP contribution in [0.5, 0.6) is 0 Å². The molecule has 1 saturated heterocycles. The number of halogens is 1. The Hall–Kier alpha value is -2.40. The van der Waals surface area contributed by atoms with Crippen molar-refractivity contribution in [2.75, 3.05) is 13.1 Å². The van der Waals surface area contributed by atoms with Crippen LogP contribution in [0.1, 0.15) is 28.8 Å². The first-order valence-electron chi connectivity index (χ1n) is 8.79. The molecular weight excluding hydrogens is 350 g/mol. The molecule has 6 heteroatoms. The number of carbonyl (C=O) groups excluding carboxylic acids is 2. The fraction of sp³-hybridized carbons (Fsp3) is 0.350. The van der Waals surface area contributed by atoms with Gasteiger partial charge in [0.25, 0.3) is 5.91 Å². The van der Waals surface area contributed by atoms with Crippen LogP contribution in [0.4, 0.5) is 0 Å². The number of benzene rings is 1. The van der Waals surface area contributed by atoms with E-state index in [1.165, 1.54) is 0 Å². The summed E-state index contributed by atoms with van der Waals surface area (Å²) in [5, 5.41) is 3.55. The van der Waals surface area contributed by atoms with Gasteiger partial charge in [0.1, 0.15) is 0 Å². The first-order chi connectivity index (χ1) is 12.6. The van der Waals surface area contributed by atoms with Gasteiger partial charge < -0.3 is 10.2 Å². The number of likely N-dealkylation sites (tertiary alicyclic amines) is 1. The van der Waals surface area contributed by atoms with Gasteiger partial charge in [0, 0.05) is 53.9 Å². The number of nitrogens with one attached hydrogen (secondary N) is 1. The van der Waals surface area contributed by atoms with Crippen LogP contribution in [0.3, 0.4) is 0 Å². The summed E-state index contributed by atoms with van der Waals surface area (Å²) in [5.74, 6) is 0.0630. The number of amides is 2.